The van der Waals surface area contributed by atoms with Crippen molar-refractivity contribution in [3.05, 3.63) is 93.6 Å². The summed E-state index contributed by atoms with van der Waals surface area (Å²) in [7, 11) is 3.26. The molecule has 3 aliphatic rings. The highest BCUT2D eigenvalue weighted by Crippen LogP contribution is 2.40. The van der Waals surface area contributed by atoms with Gasteiger partial charge in [0.05, 0.1) is 44.2 Å². The number of rotatable bonds is 7. The highest BCUT2D eigenvalue weighted by molar-refractivity contribution is 6.21. The smallest absolute Gasteiger partial charge is 0.261 e. The Morgan fingerprint density at radius 1 is 0.905 bits per heavy atom. The molecule has 0 fully saturated rings. The third-order valence-electron chi connectivity index (χ3n) is 8.00. The second-order valence-corrected chi connectivity index (χ2v) is 10.8. The molecule has 9 nitrogen and oxygen atoms in total. The number of aryl methyl sites for hydroxylation is 3. The van der Waals surface area contributed by atoms with Crippen molar-refractivity contribution in [1.82, 2.24) is 9.80 Å². The van der Waals surface area contributed by atoms with Crippen molar-refractivity contribution in [3.8, 4) is 11.5 Å². The van der Waals surface area contributed by atoms with E-state index in [-0.39, 0.29) is 25.0 Å². The van der Waals surface area contributed by atoms with Gasteiger partial charge in [-0.25, -0.2) is 4.99 Å². The molecular formula is C33H34N4O5. The van der Waals surface area contributed by atoms with E-state index in [0.29, 0.717) is 35.0 Å². The van der Waals surface area contributed by atoms with Crippen molar-refractivity contribution >= 4 is 29.0 Å². The summed E-state index contributed by atoms with van der Waals surface area (Å²) >= 11 is 0. The molecule has 3 aromatic rings. The molecule has 1 N–H and O–H groups in total. The van der Waals surface area contributed by atoms with Gasteiger partial charge >= 0.3 is 0 Å². The van der Waals surface area contributed by atoms with E-state index in [2.05, 4.69) is 43.1 Å². The maximum absolute atomic E-state index is 12.9. The van der Waals surface area contributed by atoms with Crippen molar-refractivity contribution in [2.24, 2.45) is 4.99 Å². The average Bonchev–Trinajstić information content (AvgIpc) is 3.23. The third-order valence-corrected chi connectivity index (χ3v) is 8.00. The molecule has 1 unspecified atom stereocenters. The second kappa shape index (κ2) is 11.0. The van der Waals surface area contributed by atoms with Crippen LogP contribution in [0.1, 0.15) is 48.5 Å². The molecule has 0 radical (unpaired) electrons. The summed E-state index contributed by atoms with van der Waals surface area (Å²) in [6.45, 7) is 7.18. The lowest BCUT2D eigenvalue weighted by atomic mass is 9.94. The number of aliphatic imine (C=N–C) groups is 1. The van der Waals surface area contributed by atoms with E-state index < -0.39 is 6.35 Å². The molecule has 0 saturated heterocycles. The maximum Gasteiger partial charge on any atom is 0.261 e. The molecule has 0 aromatic heterocycles. The number of carbonyl (C=O) groups is 2. The number of benzene rings is 3. The van der Waals surface area contributed by atoms with Crippen LogP contribution >= 0.6 is 0 Å². The van der Waals surface area contributed by atoms with Crippen LogP contribution in [-0.4, -0.2) is 67.7 Å². The molecule has 2 amide bonds. The zero-order chi connectivity index (χ0) is 29.5. The number of anilines is 1. The predicted molar refractivity (Wildman–Crippen MR) is 161 cm³/mol. The molecule has 9 heteroatoms. The van der Waals surface area contributed by atoms with Gasteiger partial charge in [-0.2, -0.15) is 0 Å². The molecule has 0 bridgehead atoms. The normalized spacial score (nSPS) is 17.3. The number of nitrogens with one attached hydrogen (secondary N) is 1. The van der Waals surface area contributed by atoms with Crippen LogP contribution in [-0.2, 0) is 11.2 Å². The summed E-state index contributed by atoms with van der Waals surface area (Å²) in [5.41, 5.74) is 8.39. The number of fused-ring (bicyclic) bond motifs is 4. The largest absolute Gasteiger partial charge is 0.493 e. The molecule has 0 saturated carbocycles. The lowest BCUT2D eigenvalue weighted by Crippen LogP contribution is -2.44. The summed E-state index contributed by atoms with van der Waals surface area (Å²) in [5.74, 6) is 1.39. The lowest BCUT2D eigenvalue weighted by Gasteiger charge is -2.40. The van der Waals surface area contributed by atoms with Gasteiger partial charge in [0.25, 0.3) is 11.8 Å². The standard InChI is InChI=1S/C33H34N4O5/c1-19-14-20(2)30(21(3)15-19)34-29-18-26-25-17-28(41-5)27(40-4)16-22(25)10-11-36(26)33(35-29)42-13-12-37-31(38)23-8-6-7-9-24(23)32(37)39/h6-9,14-18,33H,10-13H2,1-5H3,(H,34,35). The van der Waals surface area contributed by atoms with E-state index in [0.717, 1.165) is 40.1 Å². The van der Waals surface area contributed by atoms with E-state index in [9.17, 15) is 9.59 Å². The van der Waals surface area contributed by atoms with Crippen molar-refractivity contribution in [2.75, 3.05) is 39.2 Å². The molecule has 42 heavy (non-hydrogen) atoms. The van der Waals surface area contributed by atoms with Crippen LogP contribution in [0.3, 0.4) is 0 Å². The van der Waals surface area contributed by atoms with Gasteiger partial charge in [0, 0.05) is 23.9 Å². The number of hydrogen-bond acceptors (Lipinski definition) is 8. The molecule has 3 heterocycles. The zero-order valence-corrected chi connectivity index (χ0v) is 24.5. The summed E-state index contributed by atoms with van der Waals surface area (Å²) in [5, 5.41) is 3.54. The molecule has 3 aliphatic heterocycles. The molecular weight excluding hydrogens is 532 g/mol. The predicted octanol–water partition coefficient (Wildman–Crippen LogP) is 4.95. The van der Waals surface area contributed by atoms with E-state index in [1.54, 1.807) is 38.5 Å². The van der Waals surface area contributed by atoms with Crippen LogP contribution in [0.5, 0.6) is 11.5 Å². The Morgan fingerprint density at radius 3 is 2.19 bits per heavy atom. The Bertz CT molecular complexity index is 1600. The van der Waals surface area contributed by atoms with E-state index in [1.807, 2.05) is 18.2 Å². The summed E-state index contributed by atoms with van der Waals surface area (Å²) in [4.78, 5) is 34.1. The van der Waals surface area contributed by atoms with Crippen molar-refractivity contribution < 1.29 is 23.8 Å². The highest BCUT2D eigenvalue weighted by Gasteiger charge is 2.36. The maximum atomic E-state index is 12.9. The Labute approximate surface area is 245 Å². The van der Waals surface area contributed by atoms with Gasteiger partial charge in [-0.3, -0.25) is 14.5 Å². The Morgan fingerprint density at radius 2 is 1.55 bits per heavy atom. The molecule has 1 atom stereocenters. The first-order valence-corrected chi connectivity index (χ1v) is 14.0. The molecule has 6 rings (SSSR count). The number of amides is 2. The monoisotopic (exact) mass is 566 g/mol. The number of imide groups is 1. The Balaban J connectivity index is 1.30. The first-order valence-electron chi connectivity index (χ1n) is 14.0. The number of carbonyl (C=O) groups excluding carboxylic acids is 2. The fraction of sp³-hybridized carbons (Fsp3) is 0.303. The van der Waals surface area contributed by atoms with Crippen molar-refractivity contribution in [2.45, 2.75) is 33.5 Å². The fourth-order valence-corrected chi connectivity index (χ4v) is 6.02. The van der Waals surface area contributed by atoms with E-state index >= 15 is 0 Å². The summed E-state index contributed by atoms with van der Waals surface area (Å²) < 4.78 is 17.5. The van der Waals surface area contributed by atoms with Gasteiger partial charge in [0.1, 0.15) is 5.84 Å². The Kier molecular flexibility index (Phi) is 7.20. The molecule has 0 aliphatic carbocycles. The van der Waals surface area contributed by atoms with Gasteiger partial charge in [-0.1, -0.05) is 29.8 Å². The van der Waals surface area contributed by atoms with Crippen LogP contribution in [0, 0.1) is 20.8 Å². The summed E-state index contributed by atoms with van der Waals surface area (Å²) in [6, 6.07) is 15.2. The van der Waals surface area contributed by atoms with Crippen LogP contribution in [0.2, 0.25) is 0 Å². The quantitative estimate of drug-likeness (QED) is 0.405. The first kappa shape index (κ1) is 27.5. The van der Waals surface area contributed by atoms with Gasteiger partial charge in [0.15, 0.2) is 11.5 Å². The SMILES string of the molecule is COc1cc2c(cc1OC)C1=CC(Nc3c(C)cc(C)cc3C)=NC(OCCN3C(=O)c4ccccc4C3=O)N1CC2. The number of nitrogens with zero attached hydrogens (tertiary/aromatic N) is 3. The molecule has 216 valence electrons. The van der Waals surface area contributed by atoms with Crippen LogP contribution in [0.25, 0.3) is 5.70 Å². The number of hydrogen-bond donors (Lipinski definition) is 1. The minimum atomic E-state index is -0.657. The minimum Gasteiger partial charge on any atom is -0.493 e. The van der Waals surface area contributed by atoms with Gasteiger partial charge in [0.2, 0.25) is 6.35 Å². The molecule has 0 spiro atoms. The van der Waals surface area contributed by atoms with Crippen molar-refractivity contribution in [1.29, 1.82) is 0 Å². The van der Waals surface area contributed by atoms with Crippen LogP contribution < -0.4 is 14.8 Å². The lowest BCUT2D eigenvalue weighted by molar-refractivity contribution is -0.0312. The average molecular weight is 567 g/mol. The second-order valence-electron chi connectivity index (χ2n) is 10.8. The van der Waals surface area contributed by atoms with Gasteiger partial charge in [-0.05, 0) is 68.1 Å². The van der Waals surface area contributed by atoms with Gasteiger partial charge in [-0.15, -0.1) is 0 Å². The fourth-order valence-electron chi connectivity index (χ4n) is 6.02. The number of methoxy groups -OCH3 is 2. The van der Waals surface area contributed by atoms with Crippen LogP contribution in [0.15, 0.2) is 59.6 Å². The minimum absolute atomic E-state index is 0.131. The summed E-state index contributed by atoms with van der Waals surface area (Å²) in [6.07, 6.45) is 2.14. The van der Waals surface area contributed by atoms with Crippen molar-refractivity contribution in [3.63, 3.8) is 0 Å². The third kappa shape index (κ3) is 4.79. The topological polar surface area (TPSA) is 92.7 Å². The van der Waals surface area contributed by atoms with E-state index in [1.165, 1.54) is 10.5 Å². The van der Waals surface area contributed by atoms with Gasteiger partial charge < -0.3 is 24.4 Å². The molecule has 3 aromatic carbocycles. The highest BCUT2D eigenvalue weighted by atomic mass is 16.5. The van der Waals surface area contributed by atoms with Crippen LogP contribution in [0.4, 0.5) is 5.69 Å². The first-order chi connectivity index (χ1) is 20.3. The Hall–Kier alpha value is -4.63. The number of ether oxygens (including phenoxy) is 3. The van der Waals surface area contributed by atoms with E-state index in [4.69, 9.17) is 19.2 Å². The zero-order valence-electron chi connectivity index (χ0n) is 24.5. The number of amidine groups is 1.